The number of carbonyl (C=O) groups is 1. The molecule has 0 aromatic heterocycles. The zero-order chi connectivity index (χ0) is 10.0. The summed E-state index contributed by atoms with van der Waals surface area (Å²) in [5, 5.41) is 0. The van der Waals surface area contributed by atoms with Gasteiger partial charge in [0.1, 0.15) is 0 Å². The van der Waals surface area contributed by atoms with Crippen LogP contribution in [0, 0.1) is 11.8 Å². The second kappa shape index (κ2) is 4.23. The molecular weight excluding hydrogens is 162 g/mol. The highest BCUT2D eigenvalue weighted by atomic mass is 16.1. The lowest BCUT2D eigenvalue weighted by Crippen LogP contribution is -2.28. The average Bonchev–Trinajstić information content (AvgIpc) is 2.31. The number of Topliss-reactive ketones (excluding diaryl/α,β-unsaturated/α-hetero) is 1. The van der Waals surface area contributed by atoms with Crippen LogP contribution in [-0.2, 0) is 4.79 Å². The number of carbonyl (C=O) groups excluding carboxylic acids is 1. The molecule has 1 saturated heterocycles. The van der Waals surface area contributed by atoms with Gasteiger partial charge in [-0.25, -0.2) is 0 Å². The van der Waals surface area contributed by atoms with Gasteiger partial charge in [-0.3, -0.25) is 9.69 Å². The molecule has 0 spiro atoms. The summed E-state index contributed by atoms with van der Waals surface area (Å²) in [7, 11) is 0. The van der Waals surface area contributed by atoms with Crippen LogP contribution in [0.25, 0.3) is 0 Å². The molecule has 1 fully saturated rings. The van der Waals surface area contributed by atoms with Crippen LogP contribution in [0.4, 0.5) is 0 Å². The lowest BCUT2D eigenvalue weighted by atomic mass is 9.96. The third-order valence-corrected chi connectivity index (χ3v) is 2.76. The minimum atomic E-state index is 0.308. The molecule has 1 heterocycles. The molecule has 0 amide bonds. The third kappa shape index (κ3) is 2.80. The molecule has 0 aromatic rings. The van der Waals surface area contributed by atoms with E-state index in [-0.39, 0.29) is 0 Å². The van der Waals surface area contributed by atoms with Crippen molar-refractivity contribution in [2.45, 2.75) is 40.2 Å². The van der Waals surface area contributed by atoms with Gasteiger partial charge in [0.2, 0.25) is 0 Å². The van der Waals surface area contributed by atoms with E-state index in [0.29, 0.717) is 30.2 Å². The van der Waals surface area contributed by atoms with Crippen LogP contribution in [0.15, 0.2) is 0 Å². The fraction of sp³-hybridized carbons (Fsp3) is 0.909. The van der Waals surface area contributed by atoms with E-state index in [0.717, 1.165) is 13.0 Å². The number of hydrogen-bond acceptors (Lipinski definition) is 2. The van der Waals surface area contributed by atoms with Crippen LogP contribution < -0.4 is 0 Å². The van der Waals surface area contributed by atoms with Gasteiger partial charge < -0.3 is 0 Å². The predicted octanol–water partition coefficient (Wildman–Crippen LogP) is 1.94. The van der Waals surface area contributed by atoms with Crippen molar-refractivity contribution < 1.29 is 4.79 Å². The second-order valence-electron chi connectivity index (χ2n) is 4.82. The summed E-state index contributed by atoms with van der Waals surface area (Å²) >= 11 is 0. The van der Waals surface area contributed by atoms with E-state index in [9.17, 15) is 4.79 Å². The number of nitrogens with zero attached hydrogens (tertiary/aromatic N) is 1. The van der Waals surface area contributed by atoms with Crippen LogP contribution >= 0.6 is 0 Å². The zero-order valence-corrected chi connectivity index (χ0v) is 9.21. The first-order valence-electron chi connectivity index (χ1n) is 5.27. The monoisotopic (exact) mass is 183 g/mol. The Hall–Kier alpha value is -0.370. The van der Waals surface area contributed by atoms with Crippen molar-refractivity contribution in [2.75, 3.05) is 13.1 Å². The number of rotatable bonds is 3. The van der Waals surface area contributed by atoms with Gasteiger partial charge in [0.15, 0.2) is 5.78 Å². The van der Waals surface area contributed by atoms with Crippen molar-refractivity contribution in [1.29, 1.82) is 0 Å². The highest BCUT2D eigenvalue weighted by Gasteiger charge is 2.31. The standard InChI is InChI=1S/C11H21NO/c1-8(2)5-10-6-12(9(3)4)7-11(10)13/h8-10H,5-7H2,1-4H3/t10-/m0/s1. The van der Waals surface area contributed by atoms with E-state index in [4.69, 9.17) is 0 Å². The zero-order valence-electron chi connectivity index (χ0n) is 9.21. The summed E-state index contributed by atoms with van der Waals surface area (Å²) in [6.07, 6.45) is 1.06. The highest BCUT2D eigenvalue weighted by molar-refractivity contribution is 5.85. The first-order valence-corrected chi connectivity index (χ1v) is 5.27. The van der Waals surface area contributed by atoms with E-state index in [1.165, 1.54) is 0 Å². The summed E-state index contributed by atoms with van der Waals surface area (Å²) in [5.41, 5.74) is 0. The molecule has 2 nitrogen and oxygen atoms in total. The fourth-order valence-corrected chi connectivity index (χ4v) is 1.95. The quantitative estimate of drug-likeness (QED) is 0.666. The van der Waals surface area contributed by atoms with E-state index >= 15 is 0 Å². The van der Waals surface area contributed by atoms with Crippen LogP contribution in [0.5, 0.6) is 0 Å². The summed E-state index contributed by atoms with van der Waals surface area (Å²) < 4.78 is 0. The van der Waals surface area contributed by atoms with Crippen molar-refractivity contribution in [3.05, 3.63) is 0 Å². The maximum absolute atomic E-state index is 11.6. The number of ketones is 1. The van der Waals surface area contributed by atoms with Gasteiger partial charge in [0.25, 0.3) is 0 Å². The molecule has 0 saturated carbocycles. The van der Waals surface area contributed by atoms with Crippen molar-refractivity contribution in [2.24, 2.45) is 11.8 Å². The lowest BCUT2D eigenvalue weighted by Gasteiger charge is -2.19. The summed E-state index contributed by atoms with van der Waals surface area (Å²) in [4.78, 5) is 13.9. The fourth-order valence-electron chi connectivity index (χ4n) is 1.95. The van der Waals surface area contributed by atoms with Crippen LogP contribution in [0.2, 0.25) is 0 Å². The Morgan fingerprint density at radius 3 is 2.38 bits per heavy atom. The van der Waals surface area contributed by atoms with Crippen LogP contribution in [0.1, 0.15) is 34.1 Å². The predicted molar refractivity (Wildman–Crippen MR) is 54.7 cm³/mol. The average molecular weight is 183 g/mol. The topological polar surface area (TPSA) is 20.3 Å². The highest BCUT2D eigenvalue weighted by Crippen LogP contribution is 2.21. The second-order valence-corrected chi connectivity index (χ2v) is 4.82. The van der Waals surface area contributed by atoms with Crippen molar-refractivity contribution in [3.8, 4) is 0 Å². The van der Waals surface area contributed by atoms with Gasteiger partial charge in [-0.15, -0.1) is 0 Å². The van der Waals surface area contributed by atoms with Crippen molar-refractivity contribution >= 4 is 5.78 Å². The van der Waals surface area contributed by atoms with E-state index in [1.807, 2.05) is 0 Å². The lowest BCUT2D eigenvalue weighted by molar-refractivity contribution is -0.120. The minimum absolute atomic E-state index is 0.308. The van der Waals surface area contributed by atoms with Crippen LogP contribution in [-0.4, -0.2) is 29.8 Å². The van der Waals surface area contributed by atoms with E-state index < -0.39 is 0 Å². The normalized spacial score (nSPS) is 25.1. The molecule has 1 atom stereocenters. The Morgan fingerprint density at radius 1 is 1.38 bits per heavy atom. The summed E-state index contributed by atoms with van der Waals surface area (Å²) in [6.45, 7) is 10.3. The molecule has 0 aliphatic carbocycles. The minimum Gasteiger partial charge on any atom is -0.298 e. The van der Waals surface area contributed by atoms with Crippen molar-refractivity contribution in [3.63, 3.8) is 0 Å². The van der Waals surface area contributed by atoms with Gasteiger partial charge >= 0.3 is 0 Å². The molecule has 0 N–H and O–H groups in total. The summed E-state index contributed by atoms with van der Waals surface area (Å²) in [6, 6.07) is 0.515. The van der Waals surface area contributed by atoms with Gasteiger partial charge in [0.05, 0.1) is 6.54 Å². The molecule has 0 aromatic carbocycles. The largest absolute Gasteiger partial charge is 0.298 e. The number of hydrogen-bond donors (Lipinski definition) is 0. The Kier molecular flexibility index (Phi) is 3.48. The molecule has 0 unspecified atom stereocenters. The van der Waals surface area contributed by atoms with Gasteiger partial charge in [-0.05, 0) is 26.2 Å². The SMILES string of the molecule is CC(C)C[C@H]1CN(C(C)C)CC1=O. The molecule has 2 heteroatoms. The van der Waals surface area contributed by atoms with Gasteiger partial charge in [-0.1, -0.05) is 13.8 Å². The molecule has 0 radical (unpaired) electrons. The smallest absolute Gasteiger partial charge is 0.151 e. The number of likely N-dealkylation sites (tertiary alicyclic amines) is 1. The van der Waals surface area contributed by atoms with Crippen LogP contribution in [0.3, 0.4) is 0 Å². The Bertz CT molecular complexity index is 187. The molecule has 1 rings (SSSR count). The third-order valence-electron chi connectivity index (χ3n) is 2.76. The molecule has 0 bridgehead atoms. The maximum atomic E-state index is 11.6. The Morgan fingerprint density at radius 2 is 2.00 bits per heavy atom. The van der Waals surface area contributed by atoms with Gasteiger partial charge in [-0.2, -0.15) is 0 Å². The van der Waals surface area contributed by atoms with Crippen molar-refractivity contribution in [1.82, 2.24) is 4.90 Å². The van der Waals surface area contributed by atoms with E-state index in [1.54, 1.807) is 0 Å². The Balaban J connectivity index is 2.47. The molecule has 13 heavy (non-hydrogen) atoms. The first-order chi connectivity index (χ1) is 6.00. The van der Waals surface area contributed by atoms with E-state index in [2.05, 4.69) is 32.6 Å². The molecule has 1 aliphatic heterocycles. The summed E-state index contributed by atoms with van der Waals surface area (Å²) in [5.74, 6) is 1.39. The molecular formula is C11H21NO. The maximum Gasteiger partial charge on any atom is 0.151 e. The molecule has 1 aliphatic rings. The first kappa shape index (κ1) is 10.7. The Labute approximate surface area is 81.3 Å². The molecule has 76 valence electrons. The van der Waals surface area contributed by atoms with Gasteiger partial charge in [0, 0.05) is 18.5 Å².